The van der Waals surface area contributed by atoms with Crippen molar-refractivity contribution < 1.29 is 23.8 Å². The fraction of sp³-hybridized carbons (Fsp3) is 0.417. The van der Waals surface area contributed by atoms with Gasteiger partial charge in [-0.05, 0) is 30.3 Å². The zero-order valence-corrected chi connectivity index (χ0v) is 18.5. The predicted molar refractivity (Wildman–Crippen MR) is 122 cm³/mol. The third-order valence-electron chi connectivity index (χ3n) is 4.56. The first-order valence-electron chi connectivity index (χ1n) is 10.8. The highest BCUT2D eigenvalue weighted by molar-refractivity contribution is 5.84. The Labute approximate surface area is 189 Å². The molecule has 4 N–H and O–H groups in total. The van der Waals surface area contributed by atoms with Crippen molar-refractivity contribution in [2.24, 2.45) is 5.73 Å². The number of ether oxygens (including phenoxy) is 3. The van der Waals surface area contributed by atoms with Crippen LogP contribution in [0.5, 0.6) is 5.75 Å². The molecule has 0 bridgehead atoms. The molecule has 8 heteroatoms. The van der Waals surface area contributed by atoms with Crippen LogP contribution in [0.2, 0.25) is 0 Å². The number of benzene rings is 2. The number of nitrogens with two attached hydrogens (primary N) is 1. The van der Waals surface area contributed by atoms with Gasteiger partial charge in [-0.3, -0.25) is 4.79 Å². The second-order valence-electron chi connectivity index (χ2n) is 7.16. The molecule has 174 valence electrons. The van der Waals surface area contributed by atoms with Gasteiger partial charge in [-0.15, -0.1) is 0 Å². The van der Waals surface area contributed by atoms with Crippen LogP contribution in [-0.4, -0.2) is 57.9 Å². The molecule has 0 fully saturated rings. The standard InChI is InChI=1S/C24H33N3O5/c1-26-13-16-31-21-9-7-19(8-10-21)17-22(27-23(28)11-14-30-15-12-25)24(29)32-18-20-5-3-2-4-6-20/h2-10,22,26H,11-18,25H2,1H3,(H,27,28)/t22-/m0/s1. The lowest BCUT2D eigenvalue weighted by atomic mass is 10.1. The SMILES string of the molecule is CNCCOc1ccc(C[C@H](NC(=O)CCOCCN)C(=O)OCc2ccccc2)cc1. The lowest BCUT2D eigenvalue weighted by Gasteiger charge is -2.18. The van der Waals surface area contributed by atoms with Gasteiger partial charge in [0.2, 0.25) is 5.91 Å². The van der Waals surface area contributed by atoms with Gasteiger partial charge in [0.25, 0.3) is 0 Å². The Morgan fingerprint density at radius 1 is 0.969 bits per heavy atom. The van der Waals surface area contributed by atoms with E-state index >= 15 is 0 Å². The van der Waals surface area contributed by atoms with E-state index in [0.717, 1.165) is 23.4 Å². The maximum absolute atomic E-state index is 12.8. The summed E-state index contributed by atoms with van der Waals surface area (Å²) in [5, 5.41) is 5.79. The van der Waals surface area contributed by atoms with E-state index in [9.17, 15) is 9.59 Å². The van der Waals surface area contributed by atoms with Crippen molar-refractivity contribution in [3.63, 3.8) is 0 Å². The predicted octanol–water partition coefficient (Wildman–Crippen LogP) is 1.42. The Bertz CT molecular complexity index is 799. The van der Waals surface area contributed by atoms with Crippen LogP contribution in [0.4, 0.5) is 0 Å². The molecule has 1 amide bonds. The second-order valence-corrected chi connectivity index (χ2v) is 7.16. The average molecular weight is 444 g/mol. The molecule has 0 radical (unpaired) electrons. The molecule has 0 unspecified atom stereocenters. The number of amides is 1. The third-order valence-corrected chi connectivity index (χ3v) is 4.56. The van der Waals surface area contributed by atoms with Crippen molar-refractivity contribution in [3.8, 4) is 5.75 Å². The van der Waals surface area contributed by atoms with E-state index in [-0.39, 0.29) is 25.5 Å². The number of likely N-dealkylation sites (N-methyl/N-ethyl adjacent to an activating group) is 1. The quantitative estimate of drug-likeness (QED) is 0.282. The Balaban J connectivity index is 1.97. The maximum Gasteiger partial charge on any atom is 0.329 e. The summed E-state index contributed by atoms with van der Waals surface area (Å²) in [5.74, 6) is -0.0246. The Hall–Kier alpha value is -2.94. The molecule has 2 aromatic rings. The van der Waals surface area contributed by atoms with Crippen LogP contribution < -0.4 is 21.1 Å². The molecule has 2 rings (SSSR count). The minimum atomic E-state index is -0.809. The van der Waals surface area contributed by atoms with Crippen molar-refractivity contribution in [1.82, 2.24) is 10.6 Å². The molecule has 2 aromatic carbocycles. The summed E-state index contributed by atoms with van der Waals surface area (Å²) in [6.07, 6.45) is 0.445. The molecule has 0 aliphatic rings. The molecule has 0 aliphatic carbocycles. The number of hydrogen-bond donors (Lipinski definition) is 3. The third kappa shape index (κ3) is 9.91. The Morgan fingerprint density at radius 2 is 1.72 bits per heavy atom. The Kier molecular flexibility index (Phi) is 11.8. The van der Waals surface area contributed by atoms with Gasteiger partial charge in [-0.1, -0.05) is 42.5 Å². The van der Waals surface area contributed by atoms with Gasteiger partial charge < -0.3 is 30.6 Å². The van der Waals surface area contributed by atoms with E-state index in [1.165, 1.54) is 0 Å². The molecule has 32 heavy (non-hydrogen) atoms. The molecule has 0 spiro atoms. The number of carbonyl (C=O) groups excluding carboxylic acids is 2. The van der Waals surface area contributed by atoms with Gasteiger partial charge >= 0.3 is 5.97 Å². The molecule has 0 aliphatic heterocycles. The summed E-state index contributed by atoms with van der Waals surface area (Å²) in [7, 11) is 1.86. The van der Waals surface area contributed by atoms with Gasteiger partial charge in [0.05, 0.1) is 13.2 Å². The van der Waals surface area contributed by atoms with E-state index in [0.29, 0.717) is 26.2 Å². The number of nitrogens with one attached hydrogen (secondary N) is 2. The molecule has 0 aromatic heterocycles. The number of carbonyl (C=O) groups is 2. The first-order chi connectivity index (χ1) is 15.6. The van der Waals surface area contributed by atoms with Crippen molar-refractivity contribution in [2.45, 2.75) is 25.5 Å². The molecular weight excluding hydrogens is 410 g/mol. The molecule has 1 atom stereocenters. The minimum absolute atomic E-state index is 0.140. The second kappa shape index (κ2) is 15.0. The van der Waals surface area contributed by atoms with E-state index in [1.807, 2.05) is 61.6 Å². The number of esters is 1. The van der Waals surface area contributed by atoms with Crippen LogP contribution in [0, 0.1) is 0 Å². The number of rotatable bonds is 15. The van der Waals surface area contributed by atoms with Gasteiger partial charge in [0.15, 0.2) is 0 Å². The Morgan fingerprint density at radius 3 is 2.41 bits per heavy atom. The van der Waals surface area contributed by atoms with Crippen molar-refractivity contribution in [1.29, 1.82) is 0 Å². The zero-order chi connectivity index (χ0) is 23.0. The summed E-state index contributed by atoms with van der Waals surface area (Å²) in [4.78, 5) is 25.1. The normalized spacial score (nSPS) is 11.6. The van der Waals surface area contributed by atoms with Crippen LogP contribution in [0.1, 0.15) is 17.5 Å². The highest BCUT2D eigenvalue weighted by atomic mass is 16.5. The summed E-state index contributed by atoms with van der Waals surface area (Å²) in [5.41, 5.74) is 7.14. The van der Waals surface area contributed by atoms with E-state index in [2.05, 4.69) is 10.6 Å². The average Bonchev–Trinajstić information content (AvgIpc) is 2.82. The topological polar surface area (TPSA) is 112 Å². The zero-order valence-electron chi connectivity index (χ0n) is 18.5. The maximum atomic E-state index is 12.8. The van der Waals surface area contributed by atoms with Gasteiger partial charge in [0, 0.05) is 25.9 Å². The van der Waals surface area contributed by atoms with Crippen LogP contribution in [0.15, 0.2) is 54.6 Å². The summed E-state index contributed by atoms with van der Waals surface area (Å²) >= 11 is 0. The fourth-order valence-electron chi connectivity index (χ4n) is 2.87. The van der Waals surface area contributed by atoms with E-state index in [4.69, 9.17) is 19.9 Å². The number of hydrogen-bond acceptors (Lipinski definition) is 7. The van der Waals surface area contributed by atoms with Gasteiger partial charge in [-0.2, -0.15) is 0 Å². The van der Waals surface area contributed by atoms with Crippen LogP contribution >= 0.6 is 0 Å². The molecule has 0 heterocycles. The van der Waals surface area contributed by atoms with Crippen LogP contribution in [0.25, 0.3) is 0 Å². The summed E-state index contributed by atoms with van der Waals surface area (Å²) < 4.78 is 16.3. The smallest absolute Gasteiger partial charge is 0.329 e. The molecule has 0 saturated heterocycles. The monoisotopic (exact) mass is 443 g/mol. The summed E-state index contributed by atoms with van der Waals surface area (Å²) in [6, 6.07) is 16.0. The van der Waals surface area contributed by atoms with Gasteiger partial charge in [0.1, 0.15) is 25.0 Å². The van der Waals surface area contributed by atoms with Crippen molar-refractivity contribution in [2.75, 3.05) is 40.0 Å². The van der Waals surface area contributed by atoms with Crippen LogP contribution in [-0.2, 0) is 32.1 Å². The first-order valence-corrected chi connectivity index (χ1v) is 10.8. The largest absolute Gasteiger partial charge is 0.492 e. The van der Waals surface area contributed by atoms with Crippen LogP contribution in [0.3, 0.4) is 0 Å². The van der Waals surface area contributed by atoms with Crippen molar-refractivity contribution in [3.05, 3.63) is 65.7 Å². The highest BCUT2D eigenvalue weighted by Crippen LogP contribution is 2.14. The van der Waals surface area contributed by atoms with E-state index in [1.54, 1.807) is 0 Å². The van der Waals surface area contributed by atoms with Crippen molar-refractivity contribution >= 4 is 11.9 Å². The molecular formula is C24H33N3O5. The first kappa shape index (κ1) is 25.3. The minimum Gasteiger partial charge on any atom is -0.492 e. The van der Waals surface area contributed by atoms with E-state index < -0.39 is 12.0 Å². The molecule has 0 saturated carbocycles. The highest BCUT2D eigenvalue weighted by Gasteiger charge is 2.23. The lowest BCUT2D eigenvalue weighted by Crippen LogP contribution is -2.43. The van der Waals surface area contributed by atoms with Gasteiger partial charge in [-0.25, -0.2) is 4.79 Å². The summed E-state index contributed by atoms with van der Waals surface area (Å²) in [6.45, 7) is 2.48. The fourth-order valence-corrected chi connectivity index (χ4v) is 2.87. The lowest BCUT2D eigenvalue weighted by molar-refractivity contribution is -0.149. The molecule has 8 nitrogen and oxygen atoms in total.